The summed E-state index contributed by atoms with van der Waals surface area (Å²) in [7, 11) is 0. The van der Waals surface area contributed by atoms with Gasteiger partial charge in [0.05, 0.1) is 5.16 Å². The van der Waals surface area contributed by atoms with Crippen LogP contribution in [0.25, 0.3) is 22.3 Å². The van der Waals surface area contributed by atoms with Gasteiger partial charge in [0.2, 0.25) is 0 Å². The predicted molar refractivity (Wildman–Crippen MR) is 157 cm³/mol. The highest BCUT2D eigenvalue weighted by Gasteiger charge is 2.10. The van der Waals surface area contributed by atoms with Crippen LogP contribution >= 0.6 is 23.8 Å². The highest BCUT2D eigenvalue weighted by atomic mass is 35.5. The average molecular weight is 524 g/mol. The SMILES string of the molecule is CCCCCc1ccc(C#Cc2ccc(-c3ccc(-c4ccc(N=C=S)c(F)c4)c(Cl)c3)c(C)c2)cc1. The van der Waals surface area contributed by atoms with Crippen molar-refractivity contribution in [3.05, 3.63) is 112 Å². The number of hydrogen-bond acceptors (Lipinski definition) is 2. The fourth-order valence-electron chi connectivity index (χ4n) is 4.27. The van der Waals surface area contributed by atoms with Crippen molar-refractivity contribution in [3.63, 3.8) is 0 Å². The Bertz CT molecular complexity index is 1520. The lowest BCUT2D eigenvalue weighted by atomic mass is 9.96. The molecular formula is C33H27ClFNS. The molecule has 4 rings (SSSR count). The fraction of sp³-hybridized carbons (Fsp3) is 0.182. The lowest BCUT2D eigenvalue weighted by Gasteiger charge is -2.11. The first-order valence-corrected chi connectivity index (χ1v) is 13.2. The molecular weight excluding hydrogens is 497 g/mol. The Kier molecular flexibility index (Phi) is 9.04. The molecule has 0 unspecified atom stereocenters. The molecule has 0 radical (unpaired) electrons. The summed E-state index contributed by atoms with van der Waals surface area (Å²) in [6.07, 6.45) is 4.87. The van der Waals surface area contributed by atoms with Crippen molar-refractivity contribution in [3.8, 4) is 34.1 Å². The molecule has 4 aromatic rings. The van der Waals surface area contributed by atoms with Crippen LogP contribution in [0.2, 0.25) is 5.02 Å². The number of thiocarbonyl (C=S) groups is 1. The van der Waals surface area contributed by atoms with Gasteiger partial charge in [-0.1, -0.05) is 79.6 Å². The maximum Gasteiger partial charge on any atom is 0.150 e. The first-order valence-electron chi connectivity index (χ1n) is 12.4. The number of benzene rings is 4. The lowest BCUT2D eigenvalue weighted by molar-refractivity contribution is 0.630. The highest BCUT2D eigenvalue weighted by Crippen LogP contribution is 2.35. The van der Waals surface area contributed by atoms with Crippen molar-refractivity contribution in [1.29, 1.82) is 0 Å². The van der Waals surface area contributed by atoms with Crippen LogP contribution in [0.3, 0.4) is 0 Å². The second-order valence-corrected chi connectivity index (χ2v) is 9.59. The molecule has 0 N–H and O–H groups in total. The van der Waals surface area contributed by atoms with E-state index < -0.39 is 5.82 Å². The van der Waals surface area contributed by atoms with E-state index in [1.165, 1.54) is 30.9 Å². The molecule has 1 nitrogen and oxygen atoms in total. The smallest absolute Gasteiger partial charge is 0.150 e. The van der Waals surface area contributed by atoms with Gasteiger partial charge < -0.3 is 0 Å². The van der Waals surface area contributed by atoms with Crippen molar-refractivity contribution >= 4 is 34.7 Å². The van der Waals surface area contributed by atoms with Crippen LogP contribution in [0.15, 0.2) is 83.9 Å². The molecule has 0 amide bonds. The number of rotatable bonds is 7. The quantitative estimate of drug-likeness (QED) is 0.102. The molecule has 184 valence electrons. The van der Waals surface area contributed by atoms with E-state index in [0.29, 0.717) is 10.6 Å². The molecule has 37 heavy (non-hydrogen) atoms. The molecule has 0 heterocycles. The van der Waals surface area contributed by atoms with Crippen LogP contribution in [-0.4, -0.2) is 5.16 Å². The summed E-state index contributed by atoms with van der Waals surface area (Å²) in [6, 6.07) is 25.3. The van der Waals surface area contributed by atoms with Gasteiger partial charge in [-0.25, -0.2) is 4.39 Å². The normalized spacial score (nSPS) is 10.4. The van der Waals surface area contributed by atoms with Crippen molar-refractivity contribution in [2.24, 2.45) is 4.99 Å². The fourth-order valence-corrected chi connectivity index (χ4v) is 4.66. The van der Waals surface area contributed by atoms with Crippen LogP contribution < -0.4 is 0 Å². The first-order chi connectivity index (χ1) is 18.0. The average Bonchev–Trinajstić information content (AvgIpc) is 2.90. The second-order valence-electron chi connectivity index (χ2n) is 9.00. The van der Waals surface area contributed by atoms with E-state index in [2.05, 4.69) is 84.5 Å². The summed E-state index contributed by atoms with van der Waals surface area (Å²) >= 11 is 11.2. The Morgan fingerprint density at radius 1 is 0.811 bits per heavy atom. The predicted octanol–water partition coefficient (Wildman–Crippen LogP) is 9.99. The van der Waals surface area contributed by atoms with E-state index in [4.69, 9.17) is 11.6 Å². The molecule has 0 saturated carbocycles. The molecule has 0 aliphatic rings. The van der Waals surface area contributed by atoms with Crippen LogP contribution in [0.4, 0.5) is 10.1 Å². The van der Waals surface area contributed by atoms with Gasteiger partial charge in [0.1, 0.15) is 11.5 Å². The third kappa shape index (κ3) is 6.82. The van der Waals surface area contributed by atoms with Gasteiger partial charge in [0.25, 0.3) is 0 Å². The Hall–Kier alpha value is -3.54. The number of aliphatic imine (C=N–C) groups is 1. The molecule has 0 aliphatic heterocycles. The molecule has 0 bridgehead atoms. The van der Waals surface area contributed by atoms with E-state index in [1.807, 2.05) is 24.3 Å². The molecule has 0 atom stereocenters. The van der Waals surface area contributed by atoms with Crippen molar-refractivity contribution in [2.75, 3.05) is 0 Å². The Morgan fingerprint density at radius 2 is 1.49 bits per heavy atom. The van der Waals surface area contributed by atoms with Gasteiger partial charge >= 0.3 is 0 Å². The van der Waals surface area contributed by atoms with Crippen molar-refractivity contribution < 1.29 is 4.39 Å². The minimum Gasteiger partial charge on any atom is -0.205 e. The van der Waals surface area contributed by atoms with Crippen molar-refractivity contribution in [1.82, 2.24) is 0 Å². The van der Waals surface area contributed by atoms with Gasteiger partial charge in [-0.3, -0.25) is 0 Å². The maximum atomic E-state index is 14.3. The zero-order valence-corrected chi connectivity index (χ0v) is 22.5. The molecule has 0 saturated heterocycles. The van der Waals surface area contributed by atoms with E-state index in [-0.39, 0.29) is 5.69 Å². The summed E-state index contributed by atoms with van der Waals surface area (Å²) < 4.78 is 14.3. The molecule has 0 fully saturated rings. The third-order valence-electron chi connectivity index (χ3n) is 6.31. The zero-order chi connectivity index (χ0) is 26.2. The monoisotopic (exact) mass is 523 g/mol. The van der Waals surface area contributed by atoms with Gasteiger partial charge in [0.15, 0.2) is 0 Å². The summed E-state index contributed by atoms with van der Waals surface area (Å²) in [5.74, 6) is 6.09. The molecule has 4 heteroatoms. The molecule has 0 spiro atoms. The Labute approximate surface area is 229 Å². The van der Waals surface area contributed by atoms with Crippen LogP contribution in [0, 0.1) is 24.6 Å². The highest BCUT2D eigenvalue weighted by molar-refractivity contribution is 7.78. The summed E-state index contributed by atoms with van der Waals surface area (Å²) in [5.41, 5.74) is 8.10. The Morgan fingerprint density at radius 3 is 2.16 bits per heavy atom. The van der Waals surface area contributed by atoms with Crippen LogP contribution in [-0.2, 0) is 6.42 Å². The summed E-state index contributed by atoms with van der Waals surface area (Å²) in [6.45, 7) is 4.29. The number of unbranched alkanes of at least 4 members (excludes halogenated alkanes) is 2. The second kappa shape index (κ2) is 12.6. The zero-order valence-electron chi connectivity index (χ0n) is 20.9. The number of isothiocyanates is 1. The molecule has 0 aliphatic carbocycles. The summed E-state index contributed by atoms with van der Waals surface area (Å²) in [5, 5.41) is 2.74. The molecule has 0 aromatic heterocycles. The third-order valence-corrected chi connectivity index (χ3v) is 6.71. The Balaban J connectivity index is 1.51. The summed E-state index contributed by atoms with van der Waals surface area (Å²) in [4.78, 5) is 3.73. The van der Waals surface area contributed by atoms with Gasteiger partial charge in [0, 0.05) is 21.7 Å². The minimum absolute atomic E-state index is 0.157. The van der Waals surface area contributed by atoms with Crippen LogP contribution in [0.5, 0.6) is 0 Å². The van der Waals surface area contributed by atoms with Gasteiger partial charge in [-0.05, 0) is 102 Å². The number of nitrogens with zero attached hydrogens (tertiary/aromatic N) is 1. The standard InChI is InChI=1S/C33H27ClFNS/c1-3-4-5-6-24-7-9-25(10-8-24)11-12-26-13-16-29(23(2)19-26)27-14-17-30(31(34)20-27)28-15-18-33(36-22-37)32(35)21-28/h7-10,13-21H,3-6H2,1-2H3. The van der Waals surface area contributed by atoms with E-state index in [1.54, 1.807) is 12.1 Å². The van der Waals surface area contributed by atoms with Crippen LogP contribution in [0.1, 0.15) is 48.4 Å². The van der Waals surface area contributed by atoms with Gasteiger partial charge in [-0.2, -0.15) is 4.99 Å². The number of aryl methyl sites for hydroxylation is 2. The lowest BCUT2D eigenvalue weighted by Crippen LogP contribution is -1.88. The number of halogens is 2. The van der Waals surface area contributed by atoms with Crippen molar-refractivity contribution in [2.45, 2.75) is 39.5 Å². The van der Waals surface area contributed by atoms with E-state index in [0.717, 1.165) is 39.8 Å². The van der Waals surface area contributed by atoms with Gasteiger partial charge in [-0.15, -0.1) is 0 Å². The minimum atomic E-state index is -0.467. The largest absolute Gasteiger partial charge is 0.205 e. The topological polar surface area (TPSA) is 12.4 Å². The molecule has 4 aromatic carbocycles. The first kappa shape index (κ1) is 26.5. The van der Waals surface area contributed by atoms with E-state index >= 15 is 0 Å². The number of hydrogen-bond donors (Lipinski definition) is 0. The van der Waals surface area contributed by atoms with E-state index in [9.17, 15) is 4.39 Å². The maximum absolute atomic E-state index is 14.3.